The molecule has 0 spiro atoms. The Kier molecular flexibility index (Phi) is 13.7. The fraction of sp³-hybridized carbons (Fsp3) is 0.0702. The van der Waals surface area contributed by atoms with E-state index < -0.39 is 11.9 Å². The zero-order valence-electron chi connectivity index (χ0n) is 35.2. The van der Waals surface area contributed by atoms with E-state index in [4.69, 9.17) is 4.98 Å². The van der Waals surface area contributed by atoms with Gasteiger partial charge in [0.1, 0.15) is 11.4 Å². The van der Waals surface area contributed by atoms with Gasteiger partial charge in [0.15, 0.2) is 0 Å². The summed E-state index contributed by atoms with van der Waals surface area (Å²) in [5.74, 6) is -2.10. The number of carboxylic acids is 2. The Bertz CT molecular complexity index is 2990. The second-order valence-corrected chi connectivity index (χ2v) is 15.7. The van der Waals surface area contributed by atoms with Gasteiger partial charge in [0.2, 0.25) is 0 Å². The average Bonchev–Trinajstić information content (AvgIpc) is 3.36. The van der Waals surface area contributed by atoms with Gasteiger partial charge in [-0.1, -0.05) is 140 Å². The Morgan fingerprint density at radius 2 is 0.892 bits per heavy atom. The summed E-state index contributed by atoms with van der Waals surface area (Å²) in [5, 5.41) is 18.7. The number of aromatic carboxylic acids is 2. The zero-order valence-corrected chi connectivity index (χ0v) is 37.6. The average molecular weight is 1030 g/mol. The monoisotopic (exact) mass is 1030 g/mol. The first-order chi connectivity index (χ1) is 31.3. The molecule has 0 saturated heterocycles. The first kappa shape index (κ1) is 44.0. The summed E-state index contributed by atoms with van der Waals surface area (Å²) in [6.45, 7) is 0. The molecule has 9 rings (SSSR count). The number of carboxylic acid groups (broad SMARTS) is 2. The van der Waals surface area contributed by atoms with E-state index in [2.05, 4.69) is 137 Å². The Balaban J connectivity index is 0.00000576. The molecule has 1 radical (unpaired) electrons. The molecule has 0 aliphatic rings. The fourth-order valence-electron chi connectivity index (χ4n) is 8.09. The number of carbonyl (C=O) groups is 2. The van der Waals surface area contributed by atoms with Crippen LogP contribution in [0.3, 0.4) is 0 Å². The summed E-state index contributed by atoms with van der Waals surface area (Å²) in [4.78, 5) is 36.2. The molecule has 0 unspecified atom stereocenters. The van der Waals surface area contributed by atoms with Gasteiger partial charge in [0.05, 0.1) is 0 Å². The quantitative estimate of drug-likeness (QED) is 0.104. The van der Waals surface area contributed by atoms with Gasteiger partial charge in [-0.2, -0.15) is 0 Å². The number of benzene rings is 6. The molecule has 0 saturated carbocycles. The summed E-state index contributed by atoms with van der Waals surface area (Å²) in [5.41, 5.74) is 16.8. The van der Waals surface area contributed by atoms with E-state index >= 15 is 0 Å². The molecule has 8 heteroatoms. The van der Waals surface area contributed by atoms with Gasteiger partial charge >= 0.3 is 11.9 Å². The minimum absolute atomic E-state index is 0. The maximum atomic E-state index is 11.4. The molecule has 3 heterocycles. The van der Waals surface area contributed by atoms with Crippen molar-refractivity contribution in [2.45, 2.75) is 25.7 Å². The maximum absolute atomic E-state index is 11.4. The first-order valence-corrected chi connectivity index (χ1v) is 21.2. The predicted molar refractivity (Wildman–Crippen MR) is 253 cm³/mol. The molecule has 2 N–H and O–H groups in total. The van der Waals surface area contributed by atoms with Crippen molar-refractivity contribution in [2.75, 3.05) is 0 Å². The van der Waals surface area contributed by atoms with Crippen LogP contribution in [0.2, 0.25) is 0 Å². The van der Waals surface area contributed by atoms with Crippen LogP contribution in [0.4, 0.5) is 0 Å². The van der Waals surface area contributed by atoms with Crippen molar-refractivity contribution < 1.29 is 39.9 Å². The van der Waals surface area contributed by atoms with Crippen LogP contribution >= 0.6 is 0 Å². The smallest absolute Gasteiger partial charge is 0.354 e. The number of hydrogen-bond donors (Lipinski definition) is 2. The topological polar surface area (TPSA) is 113 Å². The van der Waals surface area contributed by atoms with Crippen LogP contribution in [0, 0.1) is 6.07 Å². The van der Waals surface area contributed by atoms with Crippen molar-refractivity contribution in [2.24, 2.45) is 0 Å². The number of nitrogens with zero attached hydrogens (tertiary/aromatic N) is 3. The van der Waals surface area contributed by atoms with E-state index in [1.165, 1.54) is 11.1 Å². The van der Waals surface area contributed by atoms with Gasteiger partial charge < -0.3 is 15.2 Å². The summed E-state index contributed by atoms with van der Waals surface area (Å²) in [6.07, 6.45) is 8.03. The standard InChI is InChI=1S/C57H42N3O4.Ir/c61-56(62)53-29-19-38(35-58-53)15-17-40-31-41(18-16-39-20-30-54(57(63)64)59-36-39)33-48(32-40)49-13-7-8-14-50(49)52-37-60-55(47-11-5-2-6-12-47)34-51(52)46-27-25-45(26-28-46)44-23-21-43(22-24-44)42-9-3-1-4-10-42;/h1-11,13-14,19-37H,15-18H2,(H,61,62)(H,63,64);/q-1;. The number of rotatable bonds is 14. The predicted octanol–water partition coefficient (Wildman–Crippen LogP) is 12.6. The van der Waals surface area contributed by atoms with Crippen molar-refractivity contribution >= 4 is 11.9 Å². The normalized spacial score (nSPS) is 10.8. The zero-order chi connectivity index (χ0) is 43.8. The summed E-state index contributed by atoms with van der Waals surface area (Å²) < 4.78 is 0. The Labute approximate surface area is 391 Å². The third-order valence-corrected chi connectivity index (χ3v) is 11.5. The van der Waals surface area contributed by atoms with E-state index in [1.807, 2.05) is 48.7 Å². The molecule has 9 aromatic rings. The van der Waals surface area contributed by atoms with Gasteiger partial charge in [-0.05, 0) is 116 Å². The molecule has 65 heavy (non-hydrogen) atoms. The van der Waals surface area contributed by atoms with Gasteiger partial charge in [0.25, 0.3) is 0 Å². The van der Waals surface area contributed by atoms with Crippen molar-refractivity contribution in [3.8, 4) is 66.9 Å². The minimum Gasteiger partial charge on any atom is -0.477 e. The van der Waals surface area contributed by atoms with E-state index in [0.29, 0.717) is 25.7 Å². The van der Waals surface area contributed by atoms with Gasteiger partial charge in [0, 0.05) is 44.3 Å². The van der Waals surface area contributed by atoms with Crippen LogP contribution in [0.15, 0.2) is 195 Å². The molecule has 6 aromatic carbocycles. The molecule has 3 aromatic heterocycles. The molecular weight excluding hydrogens is 983 g/mol. The number of pyridine rings is 3. The van der Waals surface area contributed by atoms with E-state index in [1.54, 1.807) is 24.5 Å². The third-order valence-electron chi connectivity index (χ3n) is 11.5. The van der Waals surface area contributed by atoms with Gasteiger partial charge in [-0.25, -0.2) is 19.6 Å². The molecule has 0 aliphatic heterocycles. The second-order valence-electron chi connectivity index (χ2n) is 15.7. The number of hydrogen-bond acceptors (Lipinski definition) is 5. The molecule has 319 valence electrons. The van der Waals surface area contributed by atoms with Crippen molar-refractivity contribution in [1.82, 2.24) is 15.0 Å². The molecular formula is C57H42IrN3O4-. The molecule has 0 bridgehead atoms. The second kappa shape index (κ2) is 20.2. The van der Waals surface area contributed by atoms with E-state index in [0.717, 1.165) is 78.0 Å². The van der Waals surface area contributed by atoms with Crippen LogP contribution < -0.4 is 0 Å². The van der Waals surface area contributed by atoms with Crippen LogP contribution in [0.5, 0.6) is 0 Å². The van der Waals surface area contributed by atoms with Gasteiger partial charge in [-0.3, -0.25) is 0 Å². The van der Waals surface area contributed by atoms with Gasteiger partial charge in [-0.15, -0.1) is 35.9 Å². The van der Waals surface area contributed by atoms with Crippen molar-refractivity contribution in [3.05, 3.63) is 234 Å². The number of aryl methyl sites for hydroxylation is 4. The van der Waals surface area contributed by atoms with Crippen molar-refractivity contribution in [1.29, 1.82) is 0 Å². The largest absolute Gasteiger partial charge is 0.477 e. The molecule has 0 atom stereocenters. The summed E-state index contributed by atoms with van der Waals surface area (Å²) in [6, 6.07) is 63.1. The third kappa shape index (κ3) is 10.4. The van der Waals surface area contributed by atoms with Crippen molar-refractivity contribution in [3.63, 3.8) is 0 Å². The Morgan fingerprint density at radius 3 is 1.40 bits per heavy atom. The summed E-state index contributed by atoms with van der Waals surface area (Å²) in [7, 11) is 0. The SMILES string of the molecule is O=C(O)c1ccc(CCc2cc(CCc3ccc(C(=O)O)nc3)cc(-c3ccccc3-c3cnc(-c4[c-]cccc4)cc3-c3ccc(-c4ccc(-c5ccccc5)cc4)cc3)c2)cn1.[Ir]. The van der Waals surface area contributed by atoms with Crippen LogP contribution in [0.25, 0.3) is 66.9 Å². The van der Waals surface area contributed by atoms with E-state index in [-0.39, 0.29) is 31.5 Å². The van der Waals surface area contributed by atoms with E-state index in [9.17, 15) is 19.8 Å². The van der Waals surface area contributed by atoms with Crippen LogP contribution in [-0.2, 0) is 45.8 Å². The minimum atomic E-state index is -1.05. The molecule has 7 nitrogen and oxygen atoms in total. The summed E-state index contributed by atoms with van der Waals surface area (Å²) >= 11 is 0. The first-order valence-electron chi connectivity index (χ1n) is 21.2. The van der Waals surface area contributed by atoms with Crippen LogP contribution in [0.1, 0.15) is 43.2 Å². The molecule has 0 amide bonds. The fourth-order valence-corrected chi connectivity index (χ4v) is 8.09. The molecule has 0 aliphatic carbocycles. The van der Waals surface area contributed by atoms with Crippen LogP contribution in [-0.4, -0.2) is 37.1 Å². The Hall–Kier alpha value is -7.64. The number of aromatic nitrogens is 3. The Morgan fingerprint density at radius 1 is 0.400 bits per heavy atom. The maximum Gasteiger partial charge on any atom is 0.354 e. The molecule has 0 fully saturated rings.